The normalized spacial score (nSPS) is 12.9. The summed E-state index contributed by atoms with van der Waals surface area (Å²) in [6.07, 6.45) is 0.254. The van der Waals surface area contributed by atoms with Gasteiger partial charge in [0.05, 0.1) is 6.61 Å². The number of aldehydes is 1. The summed E-state index contributed by atoms with van der Waals surface area (Å²) in [5.74, 6) is -0.760. The second-order valence-electron chi connectivity index (χ2n) is 3.28. The highest BCUT2D eigenvalue weighted by Crippen LogP contribution is 2.18. The van der Waals surface area contributed by atoms with Crippen molar-refractivity contribution >= 4 is 17.8 Å². The lowest BCUT2D eigenvalue weighted by molar-refractivity contribution is -0.149. The first-order valence-corrected chi connectivity index (χ1v) is 5.26. The molecule has 17 heavy (non-hydrogen) atoms. The van der Waals surface area contributed by atoms with E-state index in [0.717, 1.165) is 6.08 Å². The van der Waals surface area contributed by atoms with Crippen molar-refractivity contribution in [3.05, 3.63) is 42.0 Å². The van der Waals surface area contributed by atoms with Gasteiger partial charge in [0.1, 0.15) is 6.29 Å². The molecular formula is C13H14O4. The van der Waals surface area contributed by atoms with Gasteiger partial charge in [-0.3, -0.25) is 4.79 Å². The van der Waals surface area contributed by atoms with Gasteiger partial charge in [-0.1, -0.05) is 30.3 Å². The number of hydrogen-bond acceptors (Lipinski definition) is 4. The zero-order valence-corrected chi connectivity index (χ0v) is 9.50. The van der Waals surface area contributed by atoms with E-state index in [0.29, 0.717) is 11.8 Å². The summed E-state index contributed by atoms with van der Waals surface area (Å²) in [4.78, 5) is 21.9. The molecule has 0 unspecified atom stereocenters. The first kappa shape index (κ1) is 13.1. The summed E-state index contributed by atoms with van der Waals surface area (Å²) in [7, 11) is 0. The molecule has 90 valence electrons. The maximum absolute atomic E-state index is 11.4. The van der Waals surface area contributed by atoms with Gasteiger partial charge < -0.3 is 9.84 Å². The maximum Gasteiger partial charge on any atom is 0.339 e. The lowest BCUT2D eigenvalue weighted by atomic mass is 10.0. The lowest BCUT2D eigenvalue weighted by Crippen LogP contribution is -2.24. The Labute approximate surface area is 99.5 Å². The molecular weight excluding hydrogens is 220 g/mol. The SMILES string of the molecule is CCOC(=O)[C@@H](O)/C(=C/C=O)c1ccccc1. The number of carbonyl (C=O) groups is 2. The van der Waals surface area contributed by atoms with Crippen LogP contribution in [0.3, 0.4) is 0 Å². The second kappa shape index (κ2) is 6.60. The van der Waals surface area contributed by atoms with Crippen LogP contribution in [0.1, 0.15) is 12.5 Å². The highest BCUT2D eigenvalue weighted by atomic mass is 16.5. The average molecular weight is 234 g/mol. The highest BCUT2D eigenvalue weighted by Gasteiger charge is 2.22. The monoisotopic (exact) mass is 234 g/mol. The van der Waals surface area contributed by atoms with E-state index in [-0.39, 0.29) is 12.2 Å². The van der Waals surface area contributed by atoms with Gasteiger partial charge in [0.2, 0.25) is 0 Å². The molecule has 0 bridgehead atoms. The van der Waals surface area contributed by atoms with Crippen LogP contribution in [0.15, 0.2) is 36.4 Å². The van der Waals surface area contributed by atoms with Crippen molar-refractivity contribution in [2.24, 2.45) is 0 Å². The van der Waals surface area contributed by atoms with Crippen LogP contribution in [0.5, 0.6) is 0 Å². The minimum atomic E-state index is -1.44. The minimum absolute atomic E-state index is 0.180. The third-order valence-corrected chi connectivity index (χ3v) is 2.16. The quantitative estimate of drug-likeness (QED) is 0.472. The fourth-order valence-corrected chi connectivity index (χ4v) is 1.40. The number of allylic oxidation sites excluding steroid dienone is 1. The molecule has 4 nitrogen and oxygen atoms in total. The summed E-state index contributed by atoms with van der Waals surface area (Å²) >= 11 is 0. The van der Waals surface area contributed by atoms with Crippen LogP contribution in [0, 0.1) is 0 Å². The van der Waals surface area contributed by atoms with Crippen LogP contribution < -0.4 is 0 Å². The van der Waals surface area contributed by atoms with Gasteiger partial charge in [0.25, 0.3) is 0 Å². The molecule has 1 atom stereocenters. The summed E-state index contributed by atoms with van der Waals surface area (Å²) in [5.41, 5.74) is 0.846. The third kappa shape index (κ3) is 3.53. The topological polar surface area (TPSA) is 63.6 Å². The van der Waals surface area contributed by atoms with Gasteiger partial charge in [-0.25, -0.2) is 4.79 Å². The first-order valence-electron chi connectivity index (χ1n) is 5.26. The Hall–Kier alpha value is -1.94. The van der Waals surface area contributed by atoms with E-state index >= 15 is 0 Å². The molecule has 4 heteroatoms. The molecule has 1 N–H and O–H groups in total. The number of aliphatic hydroxyl groups excluding tert-OH is 1. The van der Waals surface area contributed by atoms with Crippen LogP contribution in [0.4, 0.5) is 0 Å². The zero-order chi connectivity index (χ0) is 12.7. The van der Waals surface area contributed by atoms with Crippen molar-refractivity contribution < 1.29 is 19.4 Å². The van der Waals surface area contributed by atoms with Gasteiger partial charge in [0.15, 0.2) is 6.10 Å². The second-order valence-corrected chi connectivity index (χ2v) is 3.28. The summed E-state index contributed by atoms with van der Waals surface area (Å²) in [6.45, 7) is 1.83. The largest absolute Gasteiger partial charge is 0.464 e. The van der Waals surface area contributed by atoms with Crippen molar-refractivity contribution in [1.29, 1.82) is 0 Å². The van der Waals surface area contributed by atoms with Crippen molar-refractivity contribution in [3.63, 3.8) is 0 Å². The van der Waals surface area contributed by atoms with Crippen LogP contribution in [-0.2, 0) is 14.3 Å². The van der Waals surface area contributed by atoms with Crippen LogP contribution in [0.25, 0.3) is 5.57 Å². The molecule has 0 aromatic heterocycles. The molecule has 0 aliphatic rings. The Bertz CT molecular complexity index is 409. The fraction of sp³-hybridized carbons (Fsp3) is 0.231. The van der Waals surface area contributed by atoms with E-state index in [1.807, 2.05) is 0 Å². The van der Waals surface area contributed by atoms with Crippen LogP contribution in [-0.4, -0.2) is 30.1 Å². The van der Waals surface area contributed by atoms with Gasteiger partial charge in [0, 0.05) is 5.57 Å². The molecule has 0 heterocycles. The number of carbonyl (C=O) groups excluding carboxylic acids is 2. The maximum atomic E-state index is 11.4. The van der Waals surface area contributed by atoms with Crippen molar-refractivity contribution in [1.82, 2.24) is 0 Å². The Morgan fingerprint density at radius 2 is 2.06 bits per heavy atom. The number of ether oxygens (including phenoxy) is 1. The molecule has 0 aliphatic carbocycles. The number of esters is 1. The third-order valence-electron chi connectivity index (χ3n) is 2.16. The summed E-state index contributed by atoms with van der Waals surface area (Å²) < 4.78 is 4.71. The van der Waals surface area contributed by atoms with E-state index in [2.05, 4.69) is 0 Å². The number of benzene rings is 1. The Kier molecular flexibility index (Phi) is 5.10. The van der Waals surface area contributed by atoms with Gasteiger partial charge in [-0.15, -0.1) is 0 Å². The Morgan fingerprint density at radius 1 is 1.41 bits per heavy atom. The van der Waals surface area contributed by atoms with E-state index < -0.39 is 12.1 Å². The molecule has 0 spiro atoms. The molecule has 0 amide bonds. The molecule has 1 aromatic carbocycles. The van der Waals surface area contributed by atoms with E-state index in [1.165, 1.54) is 0 Å². The number of aliphatic hydroxyl groups is 1. The predicted octanol–water partition coefficient (Wildman–Crippen LogP) is 1.19. The van der Waals surface area contributed by atoms with E-state index in [4.69, 9.17) is 4.74 Å². The van der Waals surface area contributed by atoms with E-state index in [9.17, 15) is 14.7 Å². The standard InChI is InChI=1S/C13H14O4/c1-2-17-13(16)12(15)11(8-9-14)10-6-4-3-5-7-10/h3-9,12,15H,2H2,1H3/b11-8+/t12-/m0/s1. The molecule has 0 saturated heterocycles. The zero-order valence-electron chi connectivity index (χ0n) is 9.50. The fourth-order valence-electron chi connectivity index (χ4n) is 1.40. The Morgan fingerprint density at radius 3 is 2.59 bits per heavy atom. The smallest absolute Gasteiger partial charge is 0.339 e. The van der Waals surface area contributed by atoms with Crippen molar-refractivity contribution in [2.45, 2.75) is 13.0 Å². The van der Waals surface area contributed by atoms with Crippen LogP contribution >= 0.6 is 0 Å². The Balaban J connectivity index is 2.99. The first-order chi connectivity index (χ1) is 8.20. The number of rotatable bonds is 5. The van der Waals surface area contributed by atoms with Gasteiger partial charge in [-0.05, 0) is 18.6 Å². The minimum Gasteiger partial charge on any atom is -0.464 e. The van der Waals surface area contributed by atoms with Crippen molar-refractivity contribution in [3.8, 4) is 0 Å². The molecule has 1 rings (SSSR count). The lowest BCUT2D eigenvalue weighted by Gasteiger charge is -2.13. The predicted molar refractivity (Wildman–Crippen MR) is 63.1 cm³/mol. The van der Waals surface area contributed by atoms with Crippen LogP contribution in [0.2, 0.25) is 0 Å². The van der Waals surface area contributed by atoms with E-state index in [1.54, 1.807) is 37.3 Å². The molecule has 0 radical (unpaired) electrons. The highest BCUT2D eigenvalue weighted by molar-refractivity contribution is 5.95. The average Bonchev–Trinajstić information content (AvgIpc) is 2.36. The molecule has 0 fully saturated rings. The molecule has 0 aliphatic heterocycles. The van der Waals surface area contributed by atoms with Crippen molar-refractivity contribution in [2.75, 3.05) is 6.61 Å². The summed E-state index contributed by atoms with van der Waals surface area (Å²) in [5, 5.41) is 9.79. The van der Waals surface area contributed by atoms with Gasteiger partial charge >= 0.3 is 5.97 Å². The number of hydrogen-bond donors (Lipinski definition) is 1. The molecule has 1 aromatic rings. The van der Waals surface area contributed by atoms with Gasteiger partial charge in [-0.2, -0.15) is 0 Å². The molecule has 0 saturated carbocycles. The summed E-state index contributed by atoms with van der Waals surface area (Å²) in [6, 6.07) is 8.73.